The maximum atomic E-state index is 2.36. The lowest BCUT2D eigenvalue weighted by atomic mass is 9.94. The van der Waals surface area contributed by atoms with Gasteiger partial charge in [0.25, 0.3) is 0 Å². The highest BCUT2D eigenvalue weighted by Crippen LogP contribution is 2.41. The van der Waals surface area contributed by atoms with Crippen molar-refractivity contribution in [3.05, 3.63) is 114 Å². The molecule has 0 fully saturated rings. The number of hydrogen-bond acceptors (Lipinski definition) is 1. The minimum atomic E-state index is 0.977. The van der Waals surface area contributed by atoms with E-state index in [0.29, 0.717) is 0 Å². The standard InChI is InChI=1S/C29H21N/c1-3-11-24(12-4-1)30(25-13-5-2-6-14-25)27-20-18-23-16-15-21-9-7-8-10-22-17-19-26(27)29(23)28(21)22/h1-7,9-20H,8H2. The second-order valence-electron chi connectivity index (χ2n) is 7.76. The van der Waals surface area contributed by atoms with Crippen molar-refractivity contribution < 1.29 is 0 Å². The normalized spacial score (nSPS) is 12.7. The molecule has 0 saturated carbocycles. The molecule has 0 atom stereocenters. The second kappa shape index (κ2) is 6.89. The zero-order valence-corrected chi connectivity index (χ0v) is 16.6. The topological polar surface area (TPSA) is 3.24 Å². The van der Waals surface area contributed by atoms with E-state index in [9.17, 15) is 0 Å². The predicted octanol–water partition coefficient (Wildman–Crippen LogP) is 7.38. The fourth-order valence-corrected chi connectivity index (χ4v) is 4.66. The first-order valence-electron chi connectivity index (χ1n) is 10.5. The van der Waals surface area contributed by atoms with E-state index in [-0.39, 0.29) is 0 Å². The number of nitrogens with zero attached hydrogens (tertiary/aromatic N) is 1. The molecule has 1 heteroatoms. The van der Waals surface area contributed by atoms with E-state index in [4.69, 9.17) is 0 Å². The van der Waals surface area contributed by atoms with E-state index >= 15 is 0 Å². The van der Waals surface area contributed by atoms with Crippen LogP contribution in [0.3, 0.4) is 0 Å². The van der Waals surface area contributed by atoms with Gasteiger partial charge in [-0.1, -0.05) is 85.0 Å². The van der Waals surface area contributed by atoms with Crippen molar-refractivity contribution in [2.45, 2.75) is 6.42 Å². The molecule has 0 unspecified atom stereocenters. The molecule has 0 aliphatic heterocycles. The predicted molar refractivity (Wildman–Crippen MR) is 129 cm³/mol. The Morgan fingerprint density at radius 2 is 1.30 bits per heavy atom. The van der Waals surface area contributed by atoms with Gasteiger partial charge in [0.15, 0.2) is 0 Å². The van der Waals surface area contributed by atoms with Crippen LogP contribution in [-0.2, 0) is 0 Å². The summed E-state index contributed by atoms with van der Waals surface area (Å²) < 4.78 is 0. The third-order valence-corrected chi connectivity index (χ3v) is 6.00. The van der Waals surface area contributed by atoms with E-state index in [2.05, 4.69) is 120 Å². The molecule has 0 radical (unpaired) electrons. The van der Waals surface area contributed by atoms with Gasteiger partial charge < -0.3 is 4.90 Å². The molecule has 0 spiro atoms. The average molecular weight is 383 g/mol. The zero-order chi connectivity index (χ0) is 19.9. The first-order valence-corrected chi connectivity index (χ1v) is 10.5. The lowest BCUT2D eigenvalue weighted by Gasteiger charge is -2.27. The summed E-state index contributed by atoms with van der Waals surface area (Å²) in [6.07, 6.45) is 7.83. The molecule has 5 aromatic carbocycles. The van der Waals surface area contributed by atoms with Gasteiger partial charge in [0.05, 0.1) is 5.69 Å². The quantitative estimate of drug-likeness (QED) is 0.314. The lowest BCUT2D eigenvalue weighted by molar-refractivity contribution is 1.30. The Kier molecular flexibility index (Phi) is 3.92. The minimum absolute atomic E-state index is 0.977. The Labute approximate surface area is 176 Å². The second-order valence-corrected chi connectivity index (χ2v) is 7.76. The first-order chi connectivity index (χ1) is 14.9. The highest BCUT2D eigenvalue weighted by Gasteiger charge is 2.17. The van der Waals surface area contributed by atoms with Gasteiger partial charge in [0, 0.05) is 16.8 Å². The summed E-state index contributed by atoms with van der Waals surface area (Å²) in [6, 6.07) is 34.9. The monoisotopic (exact) mass is 383 g/mol. The molecular weight excluding hydrogens is 362 g/mol. The van der Waals surface area contributed by atoms with Gasteiger partial charge in [0.1, 0.15) is 0 Å². The molecule has 5 aromatic rings. The molecule has 6 rings (SSSR count). The molecule has 142 valence electrons. The summed E-state index contributed by atoms with van der Waals surface area (Å²) in [5.41, 5.74) is 4.84. The molecule has 0 bridgehead atoms. The molecule has 0 saturated heterocycles. The van der Waals surface area contributed by atoms with Crippen LogP contribution in [0.1, 0.15) is 12.0 Å². The van der Waals surface area contributed by atoms with Crippen LogP contribution in [0.5, 0.6) is 0 Å². The Balaban J connectivity index is 1.72. The highest BCUT2D eigenvalue weighted by atomic mass is 15.1. The van der Waals surface area contributed by atoms with Crippen molar-refractivity contribution in [2.75, 3.05) is 4.90 Å². The fraction of sp³-hybridized carbons (Fsp3) is 0.0345. The van der Waals surface area contributed by atoms with Gasteiger partial charge in [-0.15, -0.1) is 0 Å². The number of anilines is 3. The van der Waals surface area contributed by atoms with Crippen LogP contribution in [0, 0.1) is 0 Å². The van der Waals surface area contributed by atoms with Gasteiger partial charge in [-0.05, 0) is 63.7 Å². The van der Waals surface area contributed by atoms with Gasteiger partial charge in [-0.3, -0.25) is 0 Å². The van der Waals surface area contributed by atoms with Crippen LogP contribution in [0.15, 0.2) is 103 Å². The van der Waals surface area contributed by atoms with Crippen molar-refractivity contribution in [1.82, 2.24) is 0 Å². The third-order valence-electron chi connectivity index (χ3n) is 6.00. The largest absolute Gasteiger partial charge is 0.310 e. The lowest BCUT2D eigenvalue weighted by Crippen LogP contribution is -2.11. The van der Waals surface area contributed by atoms with E-state index in [1.807, 2.05) is 0 Å². The van der Waals surface area contributed by atoms with Gasteiger partial charge in [-0.2, -0.15) is 0 Å². The van der Waals surface area contributed by atoms with Gasteiger partial charge in [-0.25, -0.2) is 0 Å². The smallest absolute Gasteiger partial charge is 0.0540 e. The van der Waals surface area contributed by atoms with Crippen LogP contribution in [0.2, 0.25) is 0 Å². The van der Waals surface area contributed by atoms with Crippen LogP contribution < -0.4 is 10.1 Å². The number of para-hydroxylation sites is 2. The maximum absolute atomic E-state index is 2.36. The summed E-state index contributed by atoms with van der Waals surface area (Å²) in [5.74, 6) is 0. The molecule has 1 aliphatic rings. The molecule has 0 amide bonds. The summed E-state index contributed by atoms with van der Waals surface area (Å²) in [6.45, 7) is 0. The number of hydrogen-bond donors (Lipinski definition) is 0. The van der Waals surface area contributed by atoms with Crippen molar-refractivity contribution >= 4 is 50.8 Å². The third kappa shape index (κ3) is 2.63. The van der Waals surface area contributed by atoms with Crippen molar-refractivity contribution in [2.24, 2.45) is 0 Å². The Bertz CT molecular complexity index is 1410. The molecule has 0 aromatic heterocycles. The Morgan fingerprint density at radius 3 is 2.03 bits per heavy atom. The van der Waals surface area contributed by atoms with Crippen LogP contribution >= 0.6 is 0 Å². The average Bonchev–Trinajstić information content (AvgIpc) is 3.03. The van der Waals surface area contributed by atoms with Crippen molar-refractivity contribution in [3.8, 4) is 0 Å². The number of allylic oxidation sites excluding steroid dienone is 1. The molecule has 1 aliphatic carbocycles. The Hall–Kier alpha value is -3.84. The van der Waals surface area contributed by atoms with Gasteiger partial charge >= 0.3 is 0 Å². The molecule has 1 nitrogen and oxygen atoms in total. The minimum Gasteiger partial charge on any atom is -0.310 e. The SMILES string of the molecule is C1=Cc2ccc3ccc(N(c4ccccc4)c4ccccc4)c4ccc(c2c34)=CC1. The van der Waals surface area contributed by atoms with Crippen LogP contribution in [0.4, 0.5) is 17.1 Å². The van der Waals surface area contributed by atoms with Gasteiger partial charge in [0.2, 0.25) is 0 Å². The van der Waals surface area contributed by atoms with E-state index in [1.54, 1.807) is 0 Å². The zero-order valence-electron chi connectivity index (χ0n) is 16.6. The van der Waals surface area contributed by atoms with Crippen molar-refractivity contribution in [3.63, 3.8) is 0 Å². The molecular formula is C29H21N. The number of rotatable bonds is 3. The van der Waals surface area contributed by atoms with Crippen LogP contribution in [0.25, 0.3) is 33.7 Å². The van der Waals surface area contributed by atoms with E-state index in [1.165, 1.54) is 38.0 Å². The first kappa shape index (κ1) is 17.1. The summed E-state index contributed by atoms with van der Waals surface area (Å²) in [5, 5.41) is 6.61. The van der Waals surface area contributed by atoms with E-state index in [0.717, 1.165) is 17.8 Å². The number of benzene rings is 5. The van der Waals surface area contributed by atoms with Crippen molar-refractivity contribution in [1.29, 1.82) is 0 Å². The summed E-state index contributed by atoms with van der Waals surface area (Å²) >= 11 is 0. The van der Waals surface area contributed by atoms with Crippen LogP contribution in [-0.4, -0.2) is 0 Å². The molecule has 30 heavy (non-hydrogen) atoms. The Morgan fingerprint density at radius 1 is 0.600 bits per heavy atom. The molecule has 0 heterocycles. The summed E-state index contributed by atoms with van der Waals surface area (Å²) in [7, 11) is 0. The maximum Gasteiger partial charge on any atom is 0.0540 e. The highest BCUT2D eigenvalue weighted by molar-refractivity contribution is 6.18. The van der Waals surface area contributed by atoms with E-state index < -0.39 is 0 Å². The fourth-order valence-electron chi connectivity index (χ4n) is 4.66. The molecule has 0 N–H and O–H groups in total. The summed E-state index contributed by atoms with van der Waals surface area (Å²) in [4.78, 5) is 2.36.